The number of piperazine rings is 1. The summed E-state index contributed by atoms with van der Waals surface area (Å²) < 4.78 is 18.9. The van der Waals surface area contributed by atoms with E-state index in [0.717, 1.165) is 35.5 Å². The zero-order chi connectivity index (χ0) is 22.3. The lowest BCUT2D eigenvalue weighted by molar-refractivity contribution is -0.135. The Balaban J connectivity index is 1.72. The maximum absolute atomic E-state index is 12.8. The number of nitriles is 1. The maximum Gasteiger partial charge on any atom is 0.225 e. The summed E-state index contributed by atoms with van der Waals surface area (Å²) >= 11 is 0. The number of amides is 1. The quantitative estimate of drug-likeness (QED) is 0.715. The Kier molecular flexibility index (Phi) is 5.95. The van der Waals surface area contributed by atoms with Gasteiger partial charge in [0.1, 0.15) is 11.9 Å². The van der Waals surface area contributed by atoms with E-state index in [2.05, 4.69) is 38.7 Å². The SMILES string of the molecule is CC(C)[C@@H]1CN(c2nc(C3CC3)c3c(c2C#N)CC(C)(C)OC3)CCN1C(=O)CCF. The molecule has 0 radical (unpaired) electrons. The predicted octanol–water partition coefficient (Wildman–Crippen LogP) is 3.71. The lowest BCUT2D eigenvalue weighted by atomic mass is 9.87. The molecule has 6 nitrogen and oxygen atoms in total. The fourth-order valence-electron chi connectivity index (χ4n) is 4.93. The number of nitrogens with zero attached hydrogens (tertiary/aromatic N) is 4. The summed E-state index contributed by atoms with van der Waals surface area (Å²) in [5.41, 5.74) is 3.64. The van der Waals surface area contributed by atoms with Crippen molar-refractivity contribution < 1.29 is 13.9 Å². The van der Waals surface area contributed by atoms with Crippen LogP contribution in [-0.2, 0) is 22.6 Å². The van der Waals surface area contributed by atoms with Crippen LogP contribution in [0, 0.1) is 17.2 Å². The van der Waals surface area contributed by atoms with Gasteiger partial charge in [0.25, 0.3) is 0 Å². The Labute approximate surface area is 184 Å². The first-order valence-electron chi connectivity index (χ1n) is 11.5. The third-order valence-corrected chi connectivity index (χ3v) is 6.83. The fourth-order valence-corrected chi connectivity index (χ4v) is 4.93. The fraction of sp³-hybridized carbons (Fsp3) is 0.708. The molecule has 168 valence electrons. The second kappa shape index (κ2) is 8.38. The highest BCUT2D eigenvalue weighted by atomic mass is 19.1. The molecule has 1 aromatic heterocycles. The Hall–Kier alpha value is -2.20. The number of halogens is 1. The number of hydrogen-bond donors (Lipinski definition) is 0. The van der Waals surface area contributed by atoms with Crippen LogP contribution in [0.15, 0.2) is 0 Å². The number of anilines is 1. The van der Waals surface area contributed by atoms with Gasteiger partial charge < -0.3 is 14.5 Å². The van der Waals surface area contributed by atoms with E-state index >= 15 is 0 Å². The van der Waals surface area contributed by atoms with Crippen molar-refractivity contribution in [3.05, 3.63) is 22.4 Å². The zero-order valence-electron chi connectivity index (χ0n) is 19.1. The van der Waals surface area contributed by atoms with Crippen LogP contribution >= 0.6 is 0 Å². The highest BCUT2D eigenvalue weighted by Crippen LogP contribution is 2.46. The van der Waals surface area contributed by atoms with Gasteiger partial charge in [0, 0.05) is 37.5 Å². The number of carbonyl (C=O) groups is 1. The first kappa shape index (κ1) is 22.0. The Morgan fingerprint density at radius 1 is 1.32 bits per heavy atom. The largest absolute Gasteiger partial charge is 0.370 e. The van der Waals surface area contributed by atoms with Gasteiger partial charge in [-0.05, 0) is 38.2 Å². The summed E-state index contributed by atoms with van der Waals surface area (Å²) in [6.07, 6.45) is 2.90. The van der Waals surface area contributed by atoms with Gasteiger partial charge in [-0.15, -0.1) is 0 Å². The molecular weight excluding hydrogens is 395 g/mol. The van der Waals surface area contributed by atoms with Gasteiger partial charge in [-0.2, -0.15) is 5.26 Å². The predicted molar refractivity (Wildman–Crippen MR) is 117 cm³/mol. The van der Waals surface area contributed by atoms with Crippen LogP contribution in [0.25, 0.3) is 0 Å². The molecule has 1 saturated carbocycles. The maximum atomic E-state index is 12.8. The minimum Gasteiger partial charge on any atom is -0.370 e. The van der Waals surface area contributed by atoms with E-state index in [4.69, 9.17) is 9.72 Å². The number of carbonyl (C=O) groups excluding carboxylic acids is 1. The molecule has 0 spiro atoms. The summed E-state index contributed by atoms with van der Waals surface area (Å²) in [6, 6.07) is 2.43. The lowest BCUT2D eigenvalue weighted by Crippen LogP contribution is -2.57. The molecule has 3 heterocycles. The van der Waals surface area contributed by atoms with Crippen LogP contribution in [0.3, 0.4) is 0 Å². The average Bonchev–Trinajstić information content (AvgIpc) is 3.56. The molecule has 31 heavy (non-hydrogen) atoms. The molecule has 1 atom stereocenters. The van der Waals surface area contributed by atoms with Gasteiger partial charge in [-0.1, -0.05) is 13.8 Å². The van der Waals surface area contributed by atoms with Crippen LogP contribution in [0.1, 0.15) is 75.3 Å². The van der Waals surface area contributed by atoms with E-state index in [0.29, 0.717) is 44.1 Å². The van der Waals surface area contributed by atoms with Gasteiger partial charge in [-0.25, -0.2) is 4.98 Å². The normalized spacial score (nSPS) is 22.9. The molecule has 7 heteroatoms. The highest BCUT2D eigenvalue weighted by Gasteiger charge is 2.39. The van der Waals surface area contributed by atoms with Crippen molar-refractivity contribution in [2.24, 2.45) is 5.92 Å². The van der Waals surface area contributed by atoms with Crippen molar-refractivity contribution in [1.82, 2.24) is 9.88 Å². The molecule has 4 rings (SSSR count). The number of rotatable bonds is 5. The van der Waals surface area contributed by atoms with E-state index in [1.54, 1.807) is 0 Å². The highest BCUT2D eigenvalue weighted by molar-refractivity contribution is 5.77. The van der Waals surface area contributed by atoms with Crippen molar-refractivity contribution >= 4 is 11.7 Å². The minimum absolute atomic E-state index is 0.0266. The van der Waals surface area contributed by atoms with Crippen molar-refractivity contribution in [3.63, 3.8) is 0 Å². The Bertz CT molecular complexity index is 904. The first-order valence-corrected chi connectivity index (χ1v) is 11.5. The molecule has 0 aromatic carbocycles. The third-order valence-electron chi connectivity index (χ3n) is 6.83. The lowest BCUT2D eigenvalue weighted by Gasteiger charge is -2.44. The summed E-state index contributed by atoms with van der Waals surface area (Å²) in [7, 11) is 0. The van der Waals surface area contributed by atoms with Crippen LogP contribution in [-0.4, -0.2) is 53.7 Å². The van der Waals surface area contributed by atoms with E-state index in [9.17, 15) is 14.4 Å². The summed E-state index contributed by atoms with van der Waals surface area (Å²) in [5, 5.41) is 10.1. The topological polar surface area (TPSA) is 69.5 Å². The summed E-state index contributed by atoms with van der Waals surface area (Å²) in [5.74, 6) is 1.31. The minimum atomic E-state index is -0.628. The standard InChI is InChI=1S/C24H33FN4O2/c1-15(2)20-13-28(9-10-29(20)21(30)7-8-25)23-18(12-26)17-11-24(3,4)31-14-19(17)22(27-23)16-5-6-16/h15-16,20H,5-11,13-14H2,1-4H3/t20-/m0/s1. The van der Waals surface area contributed by atoms with Crippen LogP contribution in [0.2, 0.25) is 0 Å². The average molecular weight is 429 g/mol. The number of pyridine rings is 1. The number of aromatic nitrogens is 1. The smallest absolute Gasteiger partial charge is 0.225 e. The molecule has 3 aliphatic rings. The molecule has 1 aliphatic carbocycles. The Morgan fingerprint density at radius 2 is 2.06 bits per heavy atom. The monoisotopic (exact) mass is 428 g/mol. The number of ether oxygens (including phenoxy) is 1. The van der Waals surface area contributed by atoms with Crippen molar-refractivity contribution in [2.45, 2.75) is 77.5 Å². The van der Waals surface area contributed by atoms with E-state index in [1.807, 2.05) is 4.90 Å². The van der Waals surface area contributed by atoms with Crippen molar-refractivity contribution in [2.75, 3.05) is 31.2 Å². The van der Waals surface area contributed by atoms with Crippen molar-refractivity contribution in [1.29, 1.82) is 5.26 Å². The number of hydrogen-bond acceptors (Lipinski definition) is 5. The molecule has 1 amide bonds. The molecular formula is C24H33FN4O2. The van der Waals surface area contributed by atoms with Crippen molar-refractivity contribution in [3.8, 4) is 6.07 Å². The van der Waals surface area contributed by atoms with Gasteiger partial charge in [0.15, 0.2) is 0 Å². The van der Waals surface area contributed by atoms with Gasteiger partial charge in [0.05, 0.1) is 42.6 Å². The number of fused-ring (bicyclic) bond motifs is 1. The molecule has 0 bridgehead atoms. The molecule has 1 saturated heterocycles. The van der Waals surface area contributed by atoms with E-state index in [1.165, 1.54) is 0 Å². The van der Waals surface area contributed by atoms with Crippen LogP contribution in [0.4, 0.5) is 10.2 Å². The summed E-state index contributed by atoms with van der Waals surface area (Å²) in [4.78, 5) is 21.5. The molecule has 0 N–H and O–H groups in total. The zero-order valence-corrected chi connectivity index (χ0v) is 19.1. The number of alkyl halides is 1. The molecule has 1 aromatic rings. The summed E-state index contributed by atoms with van der Waals surface area (Å²) in [6.45, 7) is 9.93. The molecule has 2 fully saturated rings. The van der Waals surface area contributed by atoms with Gasteiger partial charge >= 0.3 is 0 Å². The van der Waals surface area contributed by atoms with E-state index < -0.39 is 6.67 Å². The third kappa shape index (κ3) is 4.27. The van der Waals surface area contributed by atoms with Gasteiger partial charge in [0.2, 0.25) is 5.91 Å². The first-order chi connectivity index (χ1) is 14.8. The molecule has 0 unspecified atom stereocenters. The van der Waals surface area contributed by atoms with Gasteiger partial charge in [-0.3, -0.25) is 9.18 Å². The van der Waals surface area contributed by atoms with Crippen LogP contribution in [0.5, 0.6) is 0 Å². The van der Waals surface area contributed by atoms with E-state index in [-0.39, 0.29) is 29.9 Å². The second-order valence-corrected chi connectivity index (χ2v) is 10.0. The van der Waals surface area contributed by atoms with Crippen LogP contribution < -0.4 is 4.90 Å². The molecule has 2 aliphatic heterocycles. The Morgan fingerprint density at radius 3 is 2.68 bits per heavy atom. The second-order valence-electron chi connectivity index (χ2n) is 10.0.